The average molecular weight is 1930 g/mol. The van der Waals surface area contributed by atoms with E-state index in [-0.39, 0.29) is 60.9 Å². The number of methoxy groups -OCH3 is 1. The second kappa shape index (κ2) is 43.9. The molecule has 5 N–H and O–H groups in total. The number of aryl methyl sites for hydroxylation is 2. The average Bonchev–Trinajstić information content (AvgIpc) is 1.77. The fraction of sp³-hybridized carbons (Fsp3) is 0.624. The lowest BCUT2D eigenvalue weighted by molar-refractivity contribution is -0.385. The van der Waals surface area contributed by atoms with Gasteiger partial charge in [-0.1, -0.05) is 247 Å². The van der Waals surface area contributed by atoms with Crippen molar-refractivity contribution in [1.29, 1.82) is 0 Å². The highest BCUT2D eigenvalue weighted by molar-refractivity contribution is 9.09. The zero-order valence-electron chi connectivity index (χ0n) is 74.5. The third-order valence-electron chi connectivity index (χ3n) is 26.8. The number of aromatic amines is 5. The van der Waals surface area contributed by atoms with Crippen molar-refractivity contribution in [3.63, 3.8) is 0 Å². The zero-order chi connectivity index (χ0) is 88.0. The third kappa shape index (κ3) is 24.6. The summed E-state index contributed by atoms with van der Waals surface area (Å²) in [5.41, 5.74) is 5.24. The minimum absolute atomic E-state index is 0. The first kappa shape index (κ1) is 95.8. The number of nitrogens with one attached hydrogen (secondary N) is 5. The van der Waals surface area contributed by atoms with Crippen molar-refractivity contribution in [2.45, 2.75) is 234 Å². The van der Waals surface area contributed by atoms with E-state index < -0.39 is 4.92 Å². The molecule has 28 heteroatoms. The SMILES string of the molecule is CC1CC(C)C(C(Br)c2nc(-c3ccccc3)n[nH]2)C(C)C1.CCOC(=O)Cc1nc(C(CC)C2C(C)CC(C)CC2C)n[nH]1.COc1ccc(-c2n[nH]c(C(Br)C3C(C)CC(C)CC3C)n2)cc1[N+](=O)[O-].Cc1ccc(-c2n[nH]c(C(Br)C3C(C)CC(C)CC3C)n2)cc1.Cc1ccc(-c2n[nH]c(C(Br)C3C(C)CC(C)CC3C)n2)cc1[N+](=O)[O-].[HH].[HH].[HH].[HH].[HH]. The number of H-pyrrole nitrogens is 5. The molecule has 5 saturated carbocycles. The van der Waals surface area contributed by atoms with Crippen LogP contribution in [0.5, 0.6) is 5.75 Å². The fourth-order valence-electron chi connectivity index (χ4n) is 21.9. The normalized spacial score (nSPS) is 28.4. The van der Waals surface area contributed by atoms with Crippen LogP contribution in [0.3, 0.4) is 0 Å². The maximum absolute atomic E-state index is 11.6. The van der Waals surface area contributed by atoms with Crippen molar-refractivity contribution in [3.05, 3.63) is 157 Å². The summed E-state index contributed by atoms with van der Waals surface area (Å²) in [5.74, 6) is 21.1. The molecule has 15 atom stereocenters. The summed E-state index contributed by atoms with van der Waals surface area (Å²) in [6.07, 6.45) is 13.8. The van der Waals surface area contributed by atoms with Gasteiger partial charge in [-0.05, 0) is 222 Å². The van der Waals surface area contributed by atoms with Crippen molar-refractivity contribution >= 4 is 81.1 Å². The van der Waals surface area contributed by atoms with E-state index >= 15 is 0 Å². The standard InChI is InChI=1S/C19H25BrN4O3.C19H25BrN4O2.C19H26BrN3.C18H24BrN3.C18H31N3O2.5H2/c1-10-7-11(2)16(12(3)8-10)17(20)19-21-18(22-23-19)13-5-6-15(27-4)14(9-13)24(25)26;1-10-7-12(3)16(13(4)8-10)17(20)19-21-18(22-23-19)14-6-5-11(2)15(9-14)24(25)26;1-11-5-7-15(8-6-11)18-21-19(23-22-18)17(20)16-13(3)9-12(2)10-14(16)4;1-11-9-12(2)15(13(3)10-11)16(19)18-20-17(21-22-18)14-7-5-4-6-8-14;1-6-14(17-12(4)8-11(3)9-13(17)5)18-19-15(20-21-18)10-16(22)23-7-2;;;;;/h5-6,9-12,16-17H,7-8H2,1-4H3,(H,21,22,23);5-6,9-10,12-13,16-17H,7-8H2,1-4H3,(H,21,22,23);5-8,12-14,16-17H,9-10H2,1-4H3,(H,21,22,23);4-8,11-13,15-16H,9-10H2,1-3H3,(H,20,21,22);11-14,17H,6-10H2,1-5H3,(H,19,20,21);5*1H. The molecule has 0 saturated heterocycles. The lowest BCUT2D eigenvalue weighted by atomic mass is 9.64. The minimum Gasteiger partial charge on any atom is -0.490 e. The largest absolute Gasteiger partial charge is 0.490 e. The molecule has 0 amide bonds. The third-order valence-corrected chi connectivity index (χ3v) is 30.9. The second-order valence-corrected chi connectivity index (χ2v) is 41.0. The number of nitrogens with zero attached hydrogens (tertiary/aromatic N) is 12. The Labute approximate surface area is 757 Å². The maximum Gasteiger partial charge on any atom is 0.313 e. The van der Waals surface area contributed by atoms with Crippen LogP contribution in [-0.2, 0) is 16.0 Å². The molecule has 5 heterocycles. The molecule has 14 rings (SSSR count). The van der Waals surface area contributed by atoms with Crippen LogP contribution in [0.25, 0.3) is 45.6 Å². The van der Waals surface area contributed by atoms with Gasteiger partial charge < -0.3 is 9.47 Å². The molecule has 15 unspecified atom stereocenters. The molecule has 0 radical (unpaired) electrons. The van der Waals surface area contributed by atoms with E-state index in [1.165, 1.54) is 82.9 Å². The minimum atomic E-state index is -0.463. The number of carbonyl (C=O) groups excluding carboxylic acids is 1. The van der Waals surface area contributed by atoms with Crippen LogP contribution in [-0.4, -0.2) is 105 Å². The lowest BCUT2D eigenvalue weighted by Crippen LogP contribution is -2.33. The van der Waals surface area contributed by atoms with Crippen molar-refractivity contribution in [3.8, 4) is 51.3 Å². The van der Waals surface area contributed by atoms with Crippen LogP contribution in [0.2, 0.25) is 0 Å². The highest BCUT2D eigenvalue weighted by atomic mass is 79.9. The zero-order valence-corrected chi connectivity index (χ0v) is 80.9. The van der Waals surface area contributed by atoms with E-state index in [0.29, 0.717) is 135 Å². The number of benzene rings is 4. The van der Waals surface area contributed by atoms with Gasteiger partial charge >= 0.3 is 11.7 Å². The Balaban J connectivity index is 0.000000277. The number of halogens is 4. The topological polar surface area (TPSA) is 330 Å². The number of hydrogen-bond acceptors (Lipinski definition) is 17. The predicted octanol–water partition coefficient (Wildman–Crippen LogP) is 26.3. The number of ether oxygens (including phenoxy) is 2. The Morgan fingerprint density at radius 3 is 1.09 bits per heavy atom. The molecule has 4 aromatic carbocycles. The molecule has 0 bridgehead atoms. The van der Waals surface area contributed by atoms with Gasteiger partial charge in [-0.25, -0.2) is 24.9 Å². The first-order chi connectivity index (χ1) is 57.6. The molecule has 9 aromatic rings. The molecule has 121 heavy (non-hydrogen) atoms. The lowest BCUT2D eigenvalue weighted by Gasteiger charge is -2.41. The van der Waals surface area contributed by atoms with Crippen LogP contribution >= 0.6 is 63.7 Å². The van der Waals surface area contributed by atoms with Crippen LogP contribution in [0.15, 0.2) is 91.0 Å². The summed E-state index contributed by atoms with van der Waals surface area (Å²) in [7, 11) is 1.41. The van der Waals surface area contributed by atoms with Crippen LogP contribution < -0.4 is 4.74 Å². The summed E-state index contributed by atoms with van der Waals surface area (Å²) in [6.45, 7) is 43.4. The smallest absolute Gasteiger partial charge is 0.313 e. The predicted molar refractivity (Wildman–Crippen MR) is 505 cm³/mol. The maximum atomic E-state index is 11.6. The quantitative estimate of drug-likeness (QED) is 0.0193. The Kier molecular flexibility index (Phi) is 34.8. The number of rotatable bonds is 21. The summed E-state index contributed by atoms with van der Waals surface area (Å²) in [4.78, 5) is 57.2. The molecule has 24 nitrogen and oxygen atoms in total. The Hall–Kier alpha value is -7.43. The van der Waals surface area contributed by atoms with Gasteiger partial charge in [-0.2, -0.15) is 25.5 Å². The highest BCUT2D eigenvalue weighted by Crippen LogP contribution is 2.53. The molecular formula is C93H141Br4N17O7. The Morgan fingerprint density at radius 1 is 0.430 bits per heavy atom. The molecule has 5 fully saturated rings. The monoisotopic (exact) mass is 1920 g/mol. The molecule has 5 aromatic heterocycles. The molecule has 0 spiro atoms. The van der Waals surface area contributed by atoms with Gasteiger partial charge in [0.2, 0.25) is 0 Å². The second-order valence-electron chi connectivity index (χ2n) is 37.1. The van der Waals surface area contributed by atoms with E-state index in [2.05, 4.69) is 272 Å². The fourth-order valence-corrected chi connectivity index (χ4v) is 26.9. The number of alkyl halides is 4. The number of hydrogen-bond donors (Lipinski definition) is 5. The van der Waals surface area contributed by atoms with E-state index in [4.69, 9.17) is 19.4 Å². The van der Waals surface area contributed by atoms with Crippen molar-refractivity contribution in [2.24, 2.45) is 118 Å². The number of nitro benzene ring substituents is 2. The molecular weight excluding hydrogens is 1790 g/mol. The van der Waals surface area contributed by atoms with Crippen LogP contribution in [0.1, 0.15) is 267 Å². The number of esters is 1. The molecule has 668 valence electrons. The van der Waals surface area contributed by atoms with Crippen LogP contribution in [0, 0.1) is 152 Å². The van der Waals surface area contributed by atoms with Crippen molar-refractivity contribution < 1.29 is 31.2 Å². The van der Waals surface area contributed by atoms with Gasteiger partial charge in [0.25, 0.3) is 5.69 Å². The highest BCUT2D eigenvalue weighted by Gasteiger charge is 2.43. The van der Waals surface area contributed by atoms with Gasteiger partial charge in [0, 0.05) is 53.0 Å². The first-order valence-electron chi connectivity index (χ1n) is 44.1. The Bertz CT molecular complexity index is 4740. The van der Waals surface area contributed by atoms with Gasteiger partial charge in [0.05, 0.1) is 42.9 Å². The van der Waals surface area contributed by atoms with E-state index in [1.807, 2.05) is 43.3 Å². The molecule has 5 aliphatic carbocycles. The van der Waals surface area contributed by atoms with Crippen molar-refractivity contribution in [2.75, 3.05) is 13.7 Å². The Morgan fingerprint density at radius 2 is 0.752 bits per heavy atom. The molecule has 0 aliphatic heterocycles. The first-order valence-corrected chi connectivity index (χ1v) is 47.8. The number of aromatic nitrogens is 15. The van der Waals surface area contributed by atoms with Gasteiger partial charge in [0.1, 0.15) is 35.5 Å². The van der Waals surface area contributed by atoms with Crippen LogP contribution in [0.4, 0.5) is 11.4 Å². The number of nitro groups is 2. The summed E-state index contributed by atoms with van der Waals surface area (Å²) >= 11 is 15.5. The van der Waals surface area contributed by atoms with Gasteiger partial charge in [-0.3, -0.25) is 50.5 Å². The summed E-state index contributed by atoms with van der Waals surface area (Å²) in [6, 6.07) is 28.4. The van der Waals surface area contributed by atoms with E-state index in [1.54, 1.807) is 31.2 Å². The number of carbonyl (C=O) groups is 1. The molecule has 5 aliphatic rings. The van der Waals surface area contributed by atoms with Gasteiger partial charge in [0.15, 0.2) is 34.9 Å². The van der Waals surface area contributed by atoms with Crippen molar-refractivity contribution in [1.82, 2.24) is 75.9 Å². The summed E-state index contributed by atoms with van der Waals surface area (Å²) < 4.78 is 10.0. The van der Waals surface area contributed by atoms with E-state index in [0.717, 1.165) is 87.9 Å². The van der Waals surface area contributed by atoms with E-state index in [9.17, 15) is 25.0 Å². The summed E-state index contributed by atoms with van der Waals surface area (Å²) in [5, 5.41) is 59.6. The van der Waals surface area contributed by atoms with Gasteiger partial charge in [-0.15, -0.1) is 0 Å².